The molecule has 6 heteroatoms. The van der Waals surface area contributed by atoms with E-state index in [-0.39, 0.29) is 10.6 Å². The van der Waals surface area contributed by atoms with Gasteiger partial charge in [-0.25, -0.2) is 4.68 Å². The molecule has 2 aromatic rings. The van der Waals surface area contributed by atoms with Crippen molar-refractivity contribution < 1.29 is 4.92 Å². The molecule has 1 fully saturated rings. The molecule has 1 aromatic heterocycles. The van der Waals surface area contributed by atoms with Crippen LogP contribution in [0.1, 0.15) is 54.8 Å². The number of nitro benzene ring substituents is 1. The zero-order valence-corrected chi connectivity index (χ0v) is 13.9. The highest BCUT2D eigenvalue weighted by atomic mass is 16.6. The summed E-state index contributed by atoms with van der Waals surface area (Å²) >= 11 is 0. The molecule has 1 aromatic carbocycles. The van der Waals surface area contributed by atoms with Gasteiger partial charge in [0.15, 0.2) is 0 Å². The predicted molar refractivity (Wildman–Crippen MR) is 93.0 cm³/mol. The quantitative estimate of drug-likeness (QED) is 0.680. The molecule has 0 atom stereocenters. The van der Waals surface area contributed by atoms with Crippen molar-refractivity contribution in [2.24, 2.45) is 0 Å². The van der Waals surface area contributed by atoms with Gasteiger partial charge in [0.25, 0.3) is 5.69 Å². The molecule has 0 saturated heterocycles. The first kappa shape index (κ1) is 15.2. The molecule has 2 heterocycles. The van der Waals surface area contributed by atoms with Crippen LogP contribution in [0.15, 0.2) is 18.2 Å². The number of nitrogens with one attached hydrogen (secondary N) is 1. The summed E-state index contributed by atoms with van der Waals surface area (Å²) in [6.07, 6.45) is 7.04. The van der Waals surface area contributed by atoms with Crippen LogP contribution < -0.4 is 5.32 Å². The van der Waals surface area contributed by atoms with Crippen LogP contribution in [0.25, 0.3) is 5.69 Å². The van der Waals surface area contributed by atoms with E-state index >= 15 is 0 Å². The Morgan fingerprint density at radius 1 is 1.29 bits per heavy atom. The number of nitrogens with zero attached hydrogens (tertiary/aromatic N) is 3. The summed E-state index contributed by atoms with van der Waals surface area (Å²) in [6.45, 7) is 2.91. The Morgan fingerprint density at radius 2 is 2.12 bits per heavy atom. The molecule has 1 N–H and O–H groups in total. The number of rotatable bonds is 3. The Labute approximate surface area is 141 Å². The first-order valence-electron chi connectivity index (χ1n) is 8.76. The van der Waals surface area contributed by atoms with Crippen molar-refractivity contribution >= 4 is 11.5 Å². The van der Waals surface area contributed by atoms with Gasteiger partial charge in [0.2, 0.25) is 0 Å². The van der Waals surface area contributed by atoms with Gasteiger partial charge in [-0.05, 0) is 44.6 Å². The van der Waals surface area contributed by atoms with Gasteiger partial charge < -0.3 is 5.32 Å². The highest BCUT2D eigenvalue weighted by molar-refractivity contribution is 5.58. The van der Waals surface area contributed by atoms with E-state index in [1.54, 1.807) is 18.2 Å². The lowest BCUT2D eigenvalue weighted by molar-refractivity contribution is -0.384. The highest BCUT2D eigenvalue weighted by Crippen LogP contribution is 2.41. The van der Waals surface area contributed by atoms with Crippen LogP contribution in [-0.2, 0) is 6.42 Å². The van der Waals surface area contributed by atoms with Crippen molar-refractivity contribution in [3.63, 3.8) is 0 Å². The Kier molecular flexibility index (Phi) is 3.75. The summed E-state index contributed by atoms with van der Waals surface area (Å²) < 4.78 is 1.91. The SMILES string of the molecule is Cc1ccc([N+](=O)[O-])cc1-n1nc(C2CCC2)c2c1NCCCC2. The molecule has 4 rings (SSSR count). The fourth-order valence-corrected chi connectivity index (χ4v) is 3.65. The van der Waals surface area contributed by atoms with Crippen molar-refractivity contribution in [2.75, 3.05) is 11.9 Å². The fraction of sp³-hybridized carbons (Fsp3) is 0.500. The number of non-ortho nitro benzene ring substituents is 1. The molecule has 6 nitrogen and oxygen atoms in total. The molecule has 2 aliphatic rings. The van der Waals surface area contributed by atoms with Crippen molar-refractivity contribution in [3.05, 3.63) is 45.1 Å². The van der Waals surface area contributed by atoms with Gasteiger partial charge in [0.05, 0.1) is 16.3 Å². The summed E-state index contributed by atoms with van der Waals surface area (Å²) in [7, 11) is 0. The molecule has 0 spiro atoms. The van der Waals surface area contributed by atoms with E-state index in [0.29, 0.717) is 5.92 Å². The second-order valence-corrected chi connectivity index (χ2v) is 6.86. The monoisotopic (exact) mass is 326 g/mol. The van der Waals surface area contributed by atoms with Crippen LogP contribution in [-0.4, -0.2) is 21.2 Å². The van der Waals surface area contributed by atoms with Crippen molar-refractivity contribution in [2.45, 2.75) is 51.4 Å². The molecule has 0 bridgehead atoms. The summed E-state index contributed by atoms with van der Waals surface area (Å²) in [6, 6.07) is 5.00. The second-order valence-electron chi connectivity index (χ2n) is 6.86. The van der Waals surface area contributed by atoms with E-state index < -0.39 is 0 Å². The molecular weight excluding hydrogens is 304 g/mol. The number of aryl methyl sites for hydroxylation is 1. The van der Waals surface area contributed by atoms with Crippen LogP contribution in [0.4, 0.5) is 11.5 Å². The minimum atomic E-state index is -0.342. The zero-order chi connectivity index (χ0) is 16.7. The molecular formula is C18H22N4O2. The highest BCUT2D eigenvalue weighted by Gasteiger charge is 2.30. The number of nitro groups is 1. The smallest absolute Gasteiger partial charge is 0.271 e. The first-order chi connectivity index (χ1) is 11.6. The summed E-state index contributed by atoms with van der Waals surface area (Å²) in [5.74, 6) is 1.59. The number of aromatic nitrogens is 2. The second kappa shape index (κ2) is 5.92. The molecule has 1 aliphatic carbocycles. The molecule has 24 heavy (non-hydrogen) atoms. The van der Waals surface area contributed by atoms with E-state index in [4.69, 9.17) is 5.10 Å². The van der Waals surface area contributed by atoms with Gasteiger partial charge in [-0.1, -0.05) is 12.5 Å². The van der Waals surface area contributed by atoms with E-state index in [1.165, 1.54) is 36.9 Å². The topological polar surface area (TPSA) is 73.0 Å². The van der Waals surface area contributed by atoms with Gasteiger partial charge in [0, 0.05) is 30.2 Å². The minimum Gasteiger partial charge on any atom is -0.370 e. The Morgan fingerprint density at radius 3 is 2.83 bits per heavy atom. The average Bonchev–Trinajstić information content (AvgIpc) is 2.70. The minimum absolute atomic E-state index is 0.110. The van der Waals surface area contributed by atoms with E-state index in [0.717, 1.165) is 36.5 Å². The zero-order valence-electron chi connectivity index (χ0n) is 13.9. The molecule has 1 aliphatic heterocycles. The molecule has 0 unspecified atom stereocenters. The van der Waals surface area contributed by atoms with Crippen LogP contribution in [0, 0.1) is 17.0 Å². The largest absolute Gasteiger partial charge is 0.370 e. The number of benzene rings is 1. The number of hydrogen-bond donors (Lipinski definition) is 1. The van der Waals surface area contributed by atoms with Crippen molar-refractivity contribution in [3.8, 4) is 5.69 Å². The Hall–Kier alpha value is -2.37. The normalized spacial score (nSPS) is 17.5. The van der Waals surface area contributed by atoms with Gasteiger partial charge in [-0.2, -0.15) is 5.10 Å². The van der Waals surface area contributed by atoms with E-state index in [1.807, 2.05) is 11.6 Å². The van der Waals surface area contributed by atoms with Gasteiger partial charge in [0.1, 0.15) is 5.82 Å². The molecule has 0 radical (unpaired) electrons. The third kappa shape index (κ3) is 2.46. The van der Waals surface area contributed by atoms with Crippen LogP contribution in [0.2, 0.25) is 0 Å². The van der Waals surface area contributed by atoms with Crippen molar-refractivity contribution in [1.29, 1.82) is 0 Å². The number of anilines is 1. The lowest BCUT2D eigenvalue weighted by Crippen LogP contribution is -2.12. The molecule has 1 saturated carbocycles. The van der Waals surface area contributed by atoms with E-state index in [2.05, 4.69) is 5.32 Å². The third-order valence-electron chi connectivity index (χ3n) is 5.28. The predicted octanol–water partition coefficient (Wildman–Crippen LogP) is 4.10. The lowest BCUT2D eigenvalue weighted by atomic mass is 9.81. The van der Waals surface area contributed by atoms with E-state index in [9.17, 15) is 10.1 Å². The maximum Gasteiger partial charge on any atom is 0.271 e. The Balaban J connectivity index is 1.87. The van der Waals surface area contributed by atoms with Crippen LogP contribution in [0.5, 0.6) is 0 Å². The number of hydrogen-bond acceptors (Lipinski definition) is 4. The average molecular weight is 326 g/mol. The maximum absolute atomic E-state index is 11.2. The van der Waals surface area contributed by atoms with Crippen molar-refractivity contribution in [1.82, 2.24) is 9.78 Å². The first-order valence-corrected chi connectivity index (χ1v) is 8.76. The van der Waals surface area contributed by atoms with Crippen LogP contribution >= 0.6 is 0 Å². The van der Waals surface area contributed by atoms with Crippen LogP contribution in [0.3, 0.4) is 0 Å². The summed E-state index contributed by atoms with van der Waals surface area (Å²) in [5, 5.41) is 19.6. The fourth-order valence-electron chi connectivity index (χ4n) is 3.65. The van der Waals surface area contributed by atoms with Gasteiger partial charge in [-0.15, -0.1) is 0 Å². The third-order valence-corrected chi connectivity index (χ3v) is 5.28. The maximum atomic E-state index is 11.2. The van der Waals surface area contributed by atoms with Gasteiger partial charge >= 0.3 is 0 Å². The summed E-state index contributed by atoms with van der Waals surface area (Å²) in [5.41, 5.74) is 4.44. The lowest BCUT2D eigenvalue weighted by Gasteiger charge is -2.24. The standard InChI is InChI=1S/C18H22N4O2/c1-12-8-9-14(22(23)24)11-16(12)21-18-15(7-2-3-10-19-18)17(20-21)13-5-4-6-13/h8-9,11,13,19H,2-7,10H2,1H3. The summed E-state index contributed by atoms with van der Waals surface area (Å²) in [4.78, 5) is 10.8. The van der Waals surface area contributed by atoms with Gasteiger partial charge in [-0.3, -0.25) is 10.1 Å². The molecule has 126 valence electrons. The number of fused-ring (bicyclic) bond motifs is 1. The molecule has 0 amide bonds. The Bertz CT molecular complexity index is 793.